The molecular formula is C20H25FIN5. The molecule has 0 amide bonds. The molecule has 2 aromatic carbocycles. The number of aryl methyl sites for hydroxylation is 1. The summed E-state index contributed by atoms with van der Waals surface area (Å²) in [6.45, 7) is 3.95. The van der Waals surface area contributed by atoms with Crippen molar-refractivity contribution in [2.75, 3.05) is 13.6 Å². The molecule has 1 heterocycles. The molecule has 3 aromatic rings. The Morgan fingerprint density at radius 3 is 2.56 bits per heavy atom. The predicted octanol–water partition coefficient (Wildman–Crippen LogP) is 3.93. The minimum Gasteiger partial charge on any atom is -0.357 e. The summed E-state index contributed by atoms with van der Waals surface area (Å²) in [6.07, 6.45) is 0. The van der Waals surface area contributed by atoms with E-state index in [9.17, 15) is 4.39 Å². The third kappa shape index (κ3) is 5.18. The Hall–Kier alpha value is -2.16. The standard InChI is InChI=1S/C20H24FN5.HI/c1-4-22-20(25(2)14-15-9-11-16(21)12-10-15)23-13-19-24-17-7-5-6-8-18(17)26(19)3;/h5-12H,4,13-14H2,1-3H3,(H,22,23);1H. The van der Waals surface area contributed by atoms with Gasteiger partial charge in [0.1, 0.15) is 18.2 Å². The second-order valence-corrected chi connectivity index (χ2v) is 6.23. The second-order valence-electron chi connectivity index (χ2n) is 6.23. The number of rotatable bonds is 5. The van der Waals surface area contributed by atoms with E-state index in [2.05, 4.69) is 20.9 Å². The fourth-order valence-electron chi connectivity index (χ4n) is 2.89. The Kier molecular flexibility index (Phi) is 7.58. The van der Waals surface area contributed by atoms with Crippen molar-refractivity contribution in [2.24, 2.45) is 12.0 Å². The van der Waals surface area contributed by atoms with Crippen LogP contribution in [0.3, 0.4) is 0 Å². The number of fused-ring (bicyclic) bond motifs is 1. The number of imidazole rings is 1. The van der Waals surface area contributed by atoms with Crippen molar-refractivity contribution in [3.63, 3.8) is 0 Å². The van der Waals surface area contributed by atoms with Crippen molar-refractivity contribution in [2.45, 2.75) is 20.0 Å². The molecule has 0 bridgehead atoms. The lowest BCUT2D eigenvalue weighted by Gasteiger charge is -2.22. The Morgan fingerprint density at radius 1 is 1.19 bits per heavy atom. The van der Waals surface area contributed by atoms with Gasteiger partial charge in [-0.2, -0.15) is 0 Å². The Morgan fingerprint density at radius 2 is 1.89 bits per heavy atom. The SMILES string of the molecule is CCNC(=NCc1nc2ccccc2n1C)N(C)Cc1ccc(F)cc1.I. The lowest BCUT2D eigenvalue weighted by atomic mass is 10.2. The fraction of sp³-hybridized carbons (Fsp3) is 0.300. The highest BCUT2D eigenvalue weighted by molar-refractivity contribution is 14.0. The Labute approximate surface area is 176 Å². The van der Waals surface area contributed by atoms with Gasteiger partial charge in [0, 0.05) is 27.2 Å². The van der Waals surface area contributed by atoms with E-state index in [1.807, 2.05) is 44.1 Å². The van der Waals surface area contributed by atoms with Gasteiger partial charge in [0.2, 0.25) is 0 Å². The van der Waals surface area contributed by atoms with Crippen LogP contribution in [-0.2, 0) is 20.1 Å². The summed E-state index contributed by atoms with van der Waals surface area (Å²) in [7, 11) is 3.98. The molecule has 0 unspecified atom stereocenters. The first-order valence-corrected chi connectivity index (χ1v) is 8.72. The number of para-hydroxylation sites is 2. The van der Waals surface area contributed by atoms with Crippen LogP contribution >= 0.6 is 24.0 Å². The third-order valence-electron chi connectivity index (χ3n) is 4.28. The van der Waals surface area contributed by atoms with Crippen LogP contribution in [0.5, 0.6) is 0 Å². The smallest absolute Gasteiger partial charge is 0.194 e. The summed E-state index contributed by atoms with van der Waals surface area (Å²) in [4.78, 5) is 11.4. The highest BCUT2D eigenvalue weighted by atomic mass is 127. The maximum atomic E-state index is 13.1. The third-order valence-corrected chi connectivity index (χ3v) is 4.28. The molecule has 0 saturated heterocycles. The average Bonchev–Trinajstić information content (AvgIpc) is 2.97. The summed E-state index contributed by atoms with van der Waals surface area (Å²) >= 11 is 0. The van der Waals surface area contributed by atoms with E-state index < -0.39 is 0 Å². The minimum absolute atomic E-state index is 0. The van der Waals surface area contributed by atoms with Crippen molar-refractivity contribution in [3.8, 4) is 0 Å². The number of nitrogens with zero attached hydrogens (tertiary/aromatic N) is 4. The number of hydrogen-bond donors (Lipinski definition) is 1. The first kappa shape index (κ1) is 21.1. The Bertz CT molecular complexity index is 904. The molecule has 1 N–H and O–H groups in total. The van der Waals surface area contributed by atoms with Gasteiger partial charge in [-0.1, -0.05) is 24.3 Å². The zero-order valence-electron chi connectivity index (χ0n) is 15.8. The van der Waals surface area contributed by atoms with Gasteiger partial charge in [0.05, 0.1) is 11.0 Å². The lowest BCUT2D eigenvalue weighted by Crippen LogP contribution is -2.38. The number of halogens is 2. The Balaban J connectivity index is 0.00000261. The van der Waals surface area contributed by atoms with Gasteiger partial charge < -0.3 is 14.8 Å². The first-order chi connectivity index (χ1) is 12.6. The number of guanidine groups is 1. The van der Waals surface area contributed by atoms with Crippen molar-refractivity contribution in [1.29, 1.82) is 0 Å². The van der Waals surface area contributed by atoms with Gasteiger partial charge in [-0.3, -0.25) is 0 Å². The van der Waals surface area contributed by atoms with Crippen molar-refractivity contribution >= 4 is 41.0 Å². The highest BCUT2D eigenvalue weighted by Gasteiger charge is 2.10. The van der Waals surface area contributed by atoms with Crippen LogP contribution in [0.25, 0.3) is 11.0 Å². The van der Waals surface area contributed by atoms with E-state index in [1.54, 1.807) is 12.1 Å². The molecule has 0 atom stereocenters. The van der Waals surface area contributed by atoms with Crippen molar-refractivity contribution in [1.82, 2.24) is 19.8 Å². The van der Waals surface area contributed by atoms with Crippen molar-refractivity contribution in [3.05, 3.63) is 65.7 Å². The van der Waals surface area contributed by atoms with Crippen LogP contribution in [0.4, 0.5) is 4.39 Å². The van der Waals surface area contributed by atoms with Crippen molar-refractivity contribution < 1.29 is 4.39 Å². The second kappa shape index (κ2) is 9.68. The van der Waals surface area contributed by atoms with E-state index in [0.717, 1.165) is 34.9 Å². The van der Waals surface area contributed by atoms with Crippen LogP contribution < -0.4 is 5.32 Å². The minimum atomic E-state index is -0.223. The van der Waals surface area contributed by atoms with E-state index >= 15 is 0 Å². The molecule has 5 nitrogen and oxygen atoms in total. The zero-order chi connectivity index (χ0) is 18.5. The summed E-state index contributed by atoms with van der Waals surface area (Å²) in [5, 5.41) is 3.30. The molecule has 0 radical (unpaired) electrons. The molecule has 27 heavy (non-hydrogen) atoms. The summed E-state index contributed by atoms with van der Waals surface area (Å²) in [6, 6.07) is 14.6. The number of aliphatic imine (C=N–C) groups is 1. The van der Waals surface area contributed by atoms with Gasteiger partial charge in [-0.15, -0.1) is 24.0 Å². The molecule has 1 aromatic heterocycles. The molecule has 0 aliphatic heterocycles. The number of hydrogen-bond acceptors (Lipinski definition) is 2. The van der Waals surface area contributed by atoms with E-state index in [0.29, 0.717) is 13.1 Å². The molecule has 7 heteroatoms. The topological polar surface area (TPSA) is 45.5 Å². The lowest BCUT2D eigenvalue weighted by molar-refractivity contribution is 0.475. The molecule has 144 valence electrons. The van der Waals surface area contributed by atoms with E-state index in [4.69, 9.17) is 4.99 Å². The molecule has 0 aliphatic rings. The molecular weight excluding hydrogens is 456 g/mol. The average molecular weight is 481 g/mol. The van der Waals surface area contributed by atoms with Gasteiger partial charge in [0.15, 0.2) is 5.96 Å². The molecule has 3 rings (SSSR count). The molecule has 0 spiro atoms. The quantitative estimate of drug-likeness (QED) is 0.342. The monoisotopic (exact) mass is 481 g/mol. The predicted molar refractivity (Wildman–Crippen MR) is 119 cm³/mol. The highest BCUT2D eigenvalue weighted by Crippen LogP contribution is 2.15. The van der Waals surface area contributed by atoms with Crippen LogP contribution in [0.1, 0.15) is 18.3 Å². The van der Waals surface area contributed by atoms with Gasteiger partial charge in [-0.25, -0.2) is 14.4 Å². The summed E-state index contributed by atoms with van der Waals surface area (Å²) < 4.78 is 15.2. The maximum absolute atomic E-state index is 13.1. The molecule has 0 aliphatic carbocycles. The van der Waals surface area contributed by atoms with E-state index in [1.165, 1.54) is 12.1 Å². The zero-order valence-corrected chi connectivity index (χ0v) is 18.1. The number of nitrogens with one attached hydrogen (secondary N) is 1. The maximum Gasteiger partial charge on any atom is 0.194 e. The van der Waals surface area contributed by atoms with Crippen LogP contribution in [0.15, 0.2) is 53.5 Å². The molecule has 0 saturated carbocycles. The van der Waals surface area contributed by atoms with Gasteiger partial charge in [-0.05, 0) is 36.8 Å². The number of aromatic nitrogens is 2. The summed E-state index contributed by atoms with van der Waals surface area (Å²) in [5.74, 6) is 1.49. The largest absolute Gasteiger partial charge is 0.357 e. The van der Waals surface area contributed by atoms with Crippen LogP contribution in [0.2, 0.25) is 0 Å². The van der Waals surface area contributed by atoms with E-state index in [-0.39, 0.29) is 29.8 Å². The van der Waals surface area contributed by atoms with Crippen LogP contribution in [0, 0.1) is 5.82 Å². The number of benzene rings is 2. The molecule has 0 fully saturated rings. The summed E-state index contributed by atoms with van der Waals surface area (Å²) in [5.41, 5.74) is 3.11. The normalized spacial score (nSPS) is 11.3. The van der Waals surface area contributed by atoms with Crippen LogP contribution in [-0.4, -0.2) is 34.0 Å². The van der Waals surface area contributed by atoms with Gasteiger partial charge >= 0.3 is 0 Å². The first-order valence-electron chi connectivity index (χ1n) is 8.72. The van der Waals surface area contributed by atoms with Gasteiger partial charge in [0.25, 0.3) is 0 Å². The fourth-order valence-corrected chi connectivity index (χ4v) is 2.89.